The lowest BCUT2D eigenvalue weighted by Crippen LogP contribution is -2.46. The Bertz CT molecular complexity index is 896. The van der Waals surface area contributed by atoms with Crippen molar-refractivity contribution < 1.29 is 19.4 Å². The zero-order chi connectivity index (χ0) is 21.0. The Morgan fingerprint density at radius 2 is 2.21 bits per heavy atom. The second-order valence-electron chi connectivity index (χ2n) is 6.45. The van der Waals surface area contributed by atoms with Gasteiger partial charge >= 0.3 is 5.97 Å². The summed E-state index contributed by atoms with van der Waals surface area (Å²) < 4.78 is 7.90. The molecule has 11 heteroatoms. The van der Waals surface area contributed by atoms with Crippen molar-refractivity contribution in [3.8, 4) is 0 Å². The van der Waals surface area contributed by atoms with E-state index in [1.165, 1.54) is 23.6 Å². The van der Waals surface area contributed by atoms with E-state index in [1.807, 2.05) is 12.1 Å². The van der Waals surface area contributed by atoms with E-state index >= 15 is 0 Å². The van der Waals surface area contributed by atoms with Crippen LogP contribution in [0.4, 0.5) is 0 Å². The van der Waals surface area contributed by atoms with Crippen molar-refractivity contribution in [2.75, 3.05) is 26.2 Å². The number of carboxylic acid groups (broad SMARTS) is 1. The summed E-state index contributed by atoms with van der Waals surface area (Å²) in [6, 6.07) is 5.58. The standard InChI is InChI=1S/C18H19Cl2N3O4S2/c1-11(24)23(29-18-21-16(10-28-18)17(25)26)9-13-8-22(4-5-27-13)7-12-2-3-14(19)15(20)6-12/h2-3,6,10,13H,4-5,7-9H2,1H3,(H,25,26)/t13-/m0/s1. The lowest BCUT2D eigenvalue weighted by molar-refractivity contribution is -0.126. The van der Waals surface area contributed by atoms with Crippen LogP contribution in [0.3, 0.4) is 0 Å². The summed E-state index contributed by atoms with van der Waals surface area (Å²) in [5.74, 6) is -1.23. The van der Waals surface area contributed by atoms with Crippen LogP contribution in [0.15, 0.2) is 27.9 Å². The van der Waals surface area contributed by atoms with Crippen molar-refractivity contribution in [1.82, 2.24) is 14.2 Å². The highest BCUT2D eigenvalue weighted by molar-refractivity contribution is 7.99. The van der Waals surface area contributed by atoms with Gasteiger partial charge in [-0.15, -0.1) is 11.3 Å². The van der Waals surface area contributed by atoms with Gasteiger partial charge in [0.2, 0.25) is 5.91 Å². The molecule has 0 bridgehead atoms. The maximum atomic E-state index is 12.1. The molecule has 1 fully saturated rings. The molecule has 3 rings (SSSR count). The SMILES string of the molecule is CC(=O)N(C[C@@H]1CN(Cc2ccc(Cl)c(Cl)c2)CCO1)Sc1nc(C(=O)O)cs1. The van der Waals surface area contributed by atoms with Crippen LogP contribution in [-0.4, -0.2) is 63.5 Å². The number of amides is 1. The molecule has 156 valence electrons. The summed E-state index contributed by atoms with van der Waals surface area (Å²) in [6.45, 7) is 4.54. The van der Waals surface area contributed by atoms with Crippen LogP contribution >= 0.6 is 46.5 Å². The second kappa shape index (κ2) is 10.1. The monoisotopic (exact) mass is 475 g/mol. The first kappa shape index (κ1) is 22.3. The fourth-order valence-corrected chi connectivity index (χ4v) is 4.96. The molecule has 0 aliphatic carbocycles. The average molecular weight is 476 g/mol. The number of halogens is 2. The highest BCUT2D eigenvalue weighted by atomic mass is 35.5. The van der Waals surface area contributed by atoms with Crippen molar-refractivity contribution in [2.45, 2.75) is 23.9 Å². The van der Waals surface area contributed by atoms with E-state index in [0.717, 1.165) is 24.1 Å². The molecule has 7 nitrogen and oxygen atoms in total. The summed E-state index contributed by atoms with van der Waals surface area (Å²) in [5.41, 5.74) is 1.03. The lowest BCUT2D eigenvalue weighted by Gasteiger charge is -2.35. The van der Waals surface area contributed by atoms with E-state index in [1.54, 1.807) is 10.4 Å². The minimum Gasteiger partial charge on any atom is -0.476 e. The molecular weight excluding hydrogens is 457 g/mol. The molecule has 0 spiro atoms. The van der Waals surface area contributed by atoms with Gasteiger partial charge in [-0.1, -0.05) is 29.3 Å². The number of morpholine rings is 1. The number of hydrogen-bond donors (Lipinski definition) is 1. The van der Waals surface area contributed by atoms with Gasteiger partial charge in [0.1, 0.15) is 0 Å². The second-order valence-corrected chi connectivity index (χ2v) is 9.39. The minimum atomic E-state index is -1.09. The highest BCUT2D eigenvalue weighted by Gasteiger charge is 2.25. The smallest absolute Gasteiger partial charge is 0.355 e. The number of carbonyl (C=O) groups excluding carboxylic acids is 1. The van der Waals surface area contributed by atoms with Crippen molar-refractivity contribution in [3.05, 3.63) is 44.9 Å². The maximum Gasteiger partial charge on any atom is 0.355 e. The van der Waals surface area contributed by atoms with Gasteiger partial charge in [0.15, 0.2) is 10.0 Å². The molecule has 0 saturated carbocycles. The number of nitrogens with zero attached hydrogens (tertiary/aromatic N) is 3. The molecule has 1 aromatic heterocycles. The molecule has 29 heavy (non-hydrogen) atoms. The third kappa shape index (κ3) is 6.31. The van der Waals surface area contributed by atoms with Crippen LogP contribution in [0.5, 0.6) is 0 Å². The number of benzene rings is 1. The van der Waals surface area contributed by atoms with Crippen LogP contribution in [0.1, 0.15) is 23.0 Å². The van der Waals surface area contributed by atoms with Crippen LogP contribution in [0.2, 0.25) is 10.0 Å². The van der Waals surface area contributed by atoms with E-state index in [9.17, 15) is 9.59 Å². The molecule has 1 amide bonds. The Hall–Kier alpha value is -1.36. The molecule has 1 aliphatic rings. The fraction of sp³-hybridized carbons (Fsp3) is 0.389. The fourth-order valence-electron chi connectivity index (χ4n) is 2.84. The number of aromatic nitrogens is 1. The summed E-state index contributed by atoms with van der Waals surface area (Å²) in [6.07, 6.45) is -0.165. The first-order valence-electron chi connectivity index (χ1n) is 8.74. The Morgan fingerprint density at radius 1 is 1.41 bits per heavy atom. The summed E-state index contributed by atoms with van der Waals surface area (Å²) in [5, 5.41) is 11.5. The van der Waals surface area contributed by atoms with E-state index in [-0.39, 0.29) is 17.7 Å². The topological polar surface area (TPSA) is 83.0 Å². The first-order chi connectivity index (χ1) is 13.8. The van der Waals surface area contributed by atoms with Crippen LogP contribution in [-0.2, 0) is 16.1 Å². The zero-order valence-electron chi connectivity index (χ0n) is 15.5. The van der Waals surface area contributed by atoms with Crippen molar-refractivity contribution >= 4 is 58.4 Å². The number of carbonyl (C=O) groups is 2. The Kier molecular flexibility index (Phi) is 7.78. The third-order valence-electron chi connectivity index (χ3n) is 4.22. The van der Waals surface area contributed by atoms with Crippen molar-refractivity contribution in [1.29, 1.82) is 0 Å². The van der Waals surface area contributed by atoms with Gasteiger partial charge in [0, 0.05) is 43.9 Å². The Labute approximate surface area is 186 Å². The van der Waals surface area contributed by atoms with Crippen LogP contribution in [0.25, 0.3) is 0 Å². The number of rotatable bonds is 7. The predicted octanol–water partition coefficient (Wildman–Crippen LogP) is 3.90. The Balaban J connectivity index is 1.59. The van der Waals surface area contributed by atoms with Gasteiger partial charge in [0.25, 0.3) is 0 Å². The highest BCUT2D eigenvalue weighted by Crippen LogP contribution is 2.28. The van der Waals surface area contributed by atoms with E-state index in [2.05, 4.69) is 9.88 Å². The van der Waals surface area contributed by atoms with Gasteiger partial charge in [-0.3, -0.25) is 14.0 Å². The molecule has 1 N–H and O–H groups in total. The van der Waals surface area contributed by atoms with Gasteiger partial charge in [-0.2, -0.15) is 0 Å². The molecule has 1 atom stereocenters. The van der Waals surface area contributed by atoms with Gasteiger partial charge in [-0.05, 0) is 17.7 Å². The minimum absolute atomic E-state index is 0.0253. The number of thiazole rings is 1. The van der Waals surface area contributed by atoms with E-state index in [4.69, 9.17) is 33.0 Å². The van der Waals surface area contributed by atoms with Crippen LogP contribution < -0.4 is 0 Å². The van der Waals surface area contributed by atoms with Gasteiger partial charge in [-0.25, -0.2) is 9.78 Å². The average Bonchev–Trinajstić information content (AvgIpc) is 3.13. The van der Waals surface area contributed by atoms with Crippen molar-refractivity contribution in [3.63, 3.8) is 0 Å². The zero-order valence-corrected chi connectivity index (χ0v) is 18.7. The van der Waals surface area contributed by atoms with E-state index in [0.29, 0.717) is 40.6 Å². The molecule has 0 radical (unpaired) electrons. The van der Waals surface area contributed by atoms with Crippen molar-refractivity contribution in [2.24, 2.45) is 0 Å². The van der Waals surface area contributed by atoms with Gasteiger partial charge < -0.3 is 9.84 Å². The number of aromatic carboxylic acids is 1. The molecule has 1 aliphatic heterocycles. The number of hydrogen-bond acceptors (Lipinski definition) is 7. The van der Waals surface area contributed by atoms with E-state index < -0.39 is 5.97 Å². The largest absolute Gasteiger partial charge is 0.476 e. The summed E-state index contributed by atoms with van der Waals surface area (Å²) >= 11 is 14.4. The quantitative estimate of drug-likeness (QED) is 0.607. The molecule has 1 aromatic carbocycles. The summed E-state index contributed by atoms with van der Waals surface area (Å²) in [7, 11) is 0. The molecule has 2 aromatic rings. The predicted molar refractivity (Wildman–Crippen MR) is 114 cm³/mol. The third-order valence-corrected chi connectivity index (χ3v) is 6.98. The summed E-state index contributed by atoms with van der Waals surface area (Å²) in [4.78, 5) is 29.3. The maximum absolute atomic E-state index is 12.1. The molecule has 2 heterocycles. The van der Waals surface area contributed by atoms with Gasteiger partial charge in [0.05, 0.1) is 29.3 Å². The number of ether oxygens (including phenoxy) is 1. The molecule has 0 unspecified atom stereocenters. The Morgan fingerprint density at radius 3 is 2.86 bits per heavy atom. The first-order valence-corrected chi connectivity index (χ1v) is 11.2. The molecule has 1 saturated heterocycles. The lowest BCUT2D eigenvalue weighted by atomic mass is 10.2. The molecular formula is C18H19Cl2N3O4S2. The number of carboxylic acids is 1. The van der Waals surface area contributed by atoms with Crippen LogP contribution in [0, 0.1) is 0 Å². The normalized spacial score (nSPS) is 17.3.